The third kappa shape index (κ3) is 3.23. The van der Waals surface area contributed by atoms with Crippen molar-refractivity contribution in [3.8, 4) is 0 Å². The molecule has 2 aromatic rings. The number of aromatic nitrogens is 3. The first kappa shape index (κ1) is 18.9. The highest BCUT2D eigenvalue weighted by molar-refractivity contribution is 6.06. The first-order chi connectivity index (χ1) is 12.2. The topological polar surface area (TPSA) is 63.1 Å². The molecule has 2 aliphatic rings. The average Bonchev–Trinajstić information content (AvgIpc) is 3.04. The molecule has 140 valence electrons. The minimum atomic E-state index is -0.0305. The second-order valence-corrected chi connectivity index (χ2v) is 7.15. The average molecular weight is 376 g/mol. The third-order valence-electron chi connectivity index (χ3n) is 5.57. The SMILES string of the molecule is Cc1c(C(=O)N2CCC(C)c3ccccc32)nnn1C1CCNCC1.Cl. The van der Waals surface area contributed by atoms with Crippen LogP contribution in [0.1, 0.15) is 59.9 Å². The summed E-state index contributed by atoms with van der Waals surface area (Å²) >= 11 is 0. The van der Waals surface area contributed by atoms with E-state index in [1.165, 1.54) is 5.56 Å². The fourth-order valence-electron chi connectivity index (χ4n) is 4.02. The zero-order valence-corrected chi connectivity index (χ0v) is 16.1. The first-order valence-corrected chi connectivity index (χ1v) is 9.20. The molecule has 1 unspecified atom stereocenters. The molecule has 7 heteroatoms. The van der Waals surface area contributed by atoms with Crippen LogP contribution in [0.15, 0.2) is 24.3 Å². The summed E-state index contributed by atoms with van der Waals surface area (Å²) in [5.74, 6) is 0.448. The van der Waals surface area contributed by atoms with Crippen LogP contribution in [0.5, 0.6) is 0 Å². The number of nitrogens with one attached hydrogen (secondary N) is 1. The van der Waals surface area contributed by atoms with Gasteiger partial charge in [0.25, 0.3) is 5.91 Å². The maximum Gasteiger partial charge on any atom is 0.280 e. The number of anilines is 1. The molecule has 1 N–H and O–H groups in total. The molecule has 1 fully saturated rings. The van der Waals surface area contributed by atoms with Crippen LogP contribution in [-0.2, 0) is 0 Å². The Morgan fingerprint density at radius 1 is 1.19 bits per heavy atom. The summed E-state index contributed by atoms with van der Waals surface area (Å²) in [5, 5.41) is 11.9. The molecule has 1 aromatic heterocycles. The van der Waals surface area contributed by atoms with Crippen LogP contribution in [-0.4, -0.2) is 40.5 Å². The van der Waals surface area contributed by atoms with Gasteiger partial charge in [0.15, 0.2) is 5.69 Å². The lowest BCUT2D eigenvalue weighted by molar-refractivity contribution is 0.0979. The summed E-state index contributed by atoms with van der Waals surface area (Å²) in [4.78, 5) is 15.1. The molecule has 6 nitrogen and oxygen atoms in total. The number of benzene rings is 1. The van der Waals surface area contributed by atoms with Gasteiger partial charge in [-0.3, -0.25) is 4.79 Å². The number of carbonyl (C=O) groups is 1. The number of nitrogens with zero attached hydrogens (tertiary/aromatic N) is 4. The van der Waals surface area contributed by atoms with Crippen LogP contribution in [0.4, 0.5) is 5.69 Å². The van der Waals surface area contributed by atoms with E-state index in [2.05, 4.69) is 28.6 Å². The smallest absolute Gasteiger partial charge is 0.280 e. The van der Waals surface area contributed by atoms with Crippen molar-refractivity contribution < 1.29 is 4.79 Å². The van der Waals surface area contributed by atoms with Crippen LogP contribution in [0.3, 0.4) is 0 Å². The standard InChI is InChI=1S/C19H25N5O.ClH/c1-13-9-12-23(17-6-4-3-5-16(13)17)19(25)18-14(2)24(22-21-18)15-7-10-20-11-8-15;/h3-6,13,15,20H,7-12H2,1-2H3;1H. The molecule has 0 aliphatic carbocycles. The molecule has 0 spiro atoms. The van der Waals surface area contributed by atoms with Crippen molar-refractivity contribution in [1.29, 1.82) is 0 Å². The van der Waals surface area contributed by atoms with E-state index >= 15 is 0 Å². The predicted molar refractivity (Wildman–Crippen MR) is 104 cm³/mol. The maximum absolute atomic E-state index is 13.2. The summed E-state index contributed by atoms with van der Waals surface area (Å²) in [7, 11) is 0. The normalized spacial score (nSPS) is 20.4. The van der Waals surface area contributed by atoms with Crippen molar-refractivity contribution in [2.75, 3.05) is 24.5 Å². The van der Waals surface area contributed by atoms with Crippen molar-refractivity contribution in [3.63, 3.8) is 0 Å². The first-order valence-electron chi connectivity index (χ1n) is 9.20. The monoisotopic (exact) mass is 375 g/mol. The summed E-state index contributed by atoms with van der Waals surface area (Å²) in [5.41, 5.74) is 3.63. The van der Waals surface area contributed by atoms with E-state index in [1.54, 1.807) is 0 Å². The summed E-state index contributed by atoms with van der Waals surface area (Å²) < 4.78 is 1.95. The molecule has 1 amide bonds. The van der Waals surface area contributed by atoms with Crippen molar-refractivity contribution in [2.45, 2.75) is 45.1 Å². The van der Waals surface area contributed by atoms with Crippen LogP contribution in [0, 0.1) is 6.92 Å². The summed E-state index contributed by atoms with van der Waals surface area (Å²) in [6.45, 7) is 6.90. The van der Waals surface area contributed by atoms with Crippen molar-refractivity contribution >= 4 is 24.0 Å². The maximum atomic E-state index is 13.2. The number of para-hydroxylation sites is 1. The summed E-state index contributed by atoms with van der Waals surface area (Å²) in [6.07, 6.45) is 3.04. The Labute approximate surface area is 160 Å². The van der Waals surface area contributed by atoms with Crippen LogP contribution < -0.4 is 10.2 Å². The Kier molecular flexibility index (Phi) is 5.63. The number of hydrogen-bond acceptors (Lipinski definition) is 4. The van der Waals surface area contributed by atoms with E-state index in [-0.39, 0.29) is 18.3 Å². The van der Waals surface area contributed by atoms with Crippen LogP contribution in [0.2, 0.25) is 0 Å². The number of hydrogen-bond donors (Lipinski definition) is 1. The third-order valence-corrected chi connectivity index (χ3v) is 5.57. The lowest BCUT2D eigenvalue weighted by Gasteiger charge is -2.32. The number of amides is 1. The van der Waals surface area contributed by atoms with Gasteiger partial charge in [-0.25, -0.2) is 4.68 Å². The van der Waals surface area contributed by atoms with E-state index in [4.69, 9.17) is 0 Å². The molecule has 3 heterocycles. The molecule has 1 aromatic carbocycles. The highest BCUT2D eigenvalue weighted by Gasteiger charge is 2.30. The van der Waals surface area contributed by atoms with Crippen LogP contribution >= 0.6 is 12.4 Å². The Hall–Kier alpha value is -1.92. The predicted octanol–water partition coefficient (Wildman–Crippen LogP) is 3.09. The highest BCUT2D eigenvalue weighted by atomic mass is 35.5. The second kappa shape index (κ2) is 7.76. The zero-order valence-electron chi connectivity index (χ0n) is 15.3. The Balaban J connectivity index is 0.00000196. The van der Waals surface area contributed by atoms with Gasteiger partial charge in [0.1, 0.15) is 0 Å². The summed E-state index contributed by atoms with van der Waals surface area (Å²) in [6, 6.07) is 8.54. The number of rotatable bonds is 2. The largest absolute Gasteiger partial charge is 0.317 e. The Morgan fingerprint density at radius 2 is 1.92 bits per heavy atom. The van der Waals surface area contributed by atoms with Gasteiger partial charge in [0.2, 0.25) is 0 Å². The lowest BCUT2D eigenvalue weighted by atomic mass is 9.91. The van der Waals surface area contributed by atoms with Crippen molar-refractivity contribution in [1.82, 2.24) is 20.3 Å². The van der Waals surface area contributed by atoms with Gasteiger partial charge in [0.05, 0.1) is 11.7 Å². The zero-order chi connectivity index (χ0) is 17.4. The van der Waals surface area contributed by atoms with Gasteiger partial charge < -0.3 is 10.2 Å². The van der Waals surface area contributed by atoms with Gasteiger partial charge in [0, 0.05) is 12.2 Å². The Morgan fingerprint density at radius 3 is 2.69 bits per heavy atom. The fourth-order valence-corrected chi connectivity index (χ4v) is 4.02. The van der Waals surface area contributed by atoms with Crippen LogP contribution in [0.25, 0.3) is 0 Å². The molecule has 0 saturated carbocycles. The van der Waals surface area contributed by atoms with Gasteiger partial charge in [-0.05, 0) is 56.8 Å². The van der Waals surface area contributed by atoms with E-state index in [0.717, 1.165) is 50.3 Å². The number of carbonyl (C=O) groups excluding carboxylic acids is 1. The molecule has 1 saturated heterocycles. The number of piperidine rings is 1. The number of halogens is 1. The minimum Gasteiger partial charge on any atom is -0.317 e. The molecule has 2 aliphatic heterocycles. The molecule has 0 radical (unpaired) electrons. The Bertz CT molecular complexity index is 784. The molecular formula is C19H26ClN5O. The molecule has 4 rings (SSSR count). The van der Waals surface area contributed by atoms with Crippen molar-refractivity contribution in [2.24, 2.45) is 0 Å². The van der Waals surface area contributed by atoms with Gasteiger partial charge in [-0.15, -0.1) is 17.5 Å². The molecular weight excluding hydrogens is 350 g/mol. The number of fused-ring (bicyclic) bond motifs is 1. The van der Waals surface area contributed by atoms with E-state index < -0.39 is 0 Å². The van der Waals surface area contributed by atoms with Gasteiger partial charge in [-0.1, -0.05) is 30.3 Å². The van der Waals surface area contributed by atoms with Gasteiger partial charge >= 0.3 is 0 Å². The quantitative estimate of drug-likeness (QED) is 0.876. The van der Waals surface area contributed by atoms with Gasteiger partial charge in [-0.2, -0.15) is 0 Å². The highest BCUT2D eigenvalue weighted by Crippen LogP contribution is 2.35. The molecule has 26 heavy (non-hydrogen) atoms. The van der Waals surface area contributed by atoms with E-state index in [9.17, 15) is 4.79 Å². The fraction of sp³-hybridized carbons (Fsp3) is 0.526. The minimum absolute atomic E-state index is 0. The molecule has 0 bridgehead atoms. The second-order valence-electron chi connectivity index (χ2n) is 7.15. The molecule has 1 atom stereocenters. The lowest BCUT2D eigenvalue weighted by Crippen LogP contribution is -2.37. The van der Waals surface area contributed by atoms with Crippen molar-refractivity contribution in [3.05, 3.63) is 41.2 Å². The van der Waals surface area contributed by atoms with E-state index in [1.807, 2.05) is 34.7 Å². The van der Waals surface area contributed by atoms with E-state index in [0.29, 0.717) is 17.7 Å².